The Bertz CT molecular complexity index is 965. The van der Waals surface area contributed by atoms with Crippen molar-refractivity contribution in [1.82, 2.24) is 13.8 Å². The van der Waals surface area contributed by atoms with Crippen LogP contribution in [0.4, 0.5) is 0 Å². The second-order valence-electron chi connectivity index (χ2n) is 8.44. The molecule has 0 saturated carbocycles. The summed E-state index contributed by atoms with van der Waals surface area (Å²) in [6.07, 6.45) is 2.34. The summed E-state index contributed by atoms with van der Waals surface area (Å²) >= 11 is 5.98. The third-order valence-electron chi connectivity index (χ3n) is 5.75. The van der Waals surface area contributed by atoms with Crippen LogP contribution in [0.2, 0.25) is 0 Å². The van der Waals surface area contributed by atoms with Crippen molar-refractivity contribution in [3.05, 3.63) is 82.8 Å². The summed E-state index contributed by atoms with van der Waals surface area (Å²) in [5.74, 6) is 0. The number of hydrogen-bond donors (Lipinski definition) is 0. The summed E-state index contributed by atoms with van der Waals surface area (Å²) in [5, 5.41) is 0. The summed E-state index contributed by atoms with van der Waals surface area (Å²) < 4.78 is 8.25. The van der Waals surface area contributed by atoms with Crippen molar-refractivity contribution in [2.24, 2.45) is 0 Å². The minimum absolute atomic E-state index is 0.278. The van der Waals surface area contributed by atoms with Crippen molar-refractivity contribution in [3.8, 4) is 0 Å². The molecule has 1 heterocycles. The van der Waals surface area contributed by atoms with Gasteiger partial charge in [0.25, 0.3) is 0 Å². The Labute approximate surface area is 194 Å². The molecular weight excluding hydrogens is 417 g/mol. The van der Waals surface area contributed by atoms with Crippen molar-refractivity contribution in [3.63, 3.8) is 0 Å². The van der Waals surface area contributed by atoms with Gasteiger partial charge in [0.2, 0.25) is 0 Å². The van der Waals surface area contributed by atoms with Crippen LogP contribution in [0.5, 0.6) is 0 Å². The van der Waals surface area contributed by atoms with Gasteiger partial charge in [-0.2, -0.15) is 0 Å². The van der Waals surface area contributed by atoms with Gasteiger partial charge in [-0.25, -0.2) is 0 Å². The van der Waals surface area contributed by atoms with E-state index in [1.165, 1.54) is 16.6 Å². The highest BCUT2D eigenvalue weighted by Gasteiger charge is 2.34. The number of benzene rings is 2. The van der Waals surface area contributed by atoms with E-state index in [-0.39, 0.29) is 5.66 Å². The normalized spacial score (nSPS) is 13.0. The molecular formula is C26H36N3PS. The van der Waals surface area contributed by atoms with Crippen LogP contribution in [-0.4, -0.2) is 26.9 Å². The zero-order valence-corrected chi connectivity index (χ0v) is 21.4. The lowest BCUT2D eigenvalue weighted by atomic mass is 10.0. The Hall–Kier alpha value is -1.74. The molecule has 1 aromatic heterocycles. The standard InChI is InChI=1S/C26H36N3PS/c1-7-27(8-2)30(24-19-28(20(3)4)26(31)29(24)21(5)6)25(22-15-11-9-12-16-22)23-17-13-10-14-18-23/h9-21,25H,7-8H2,1-6H3/t30-/m1/s1. The fourth-order valence-corrected chi connectivity index (χ4v) is 8.03. The minimum Gasteiger partial charge on any atom is -0.321 e. The van der Waals surface area contributed by atoms with E-state index in [2.05, 4.69) is 122 Å². The summed E-state index contributed by atoms with van der Waals surface area (Å²) in [7, 11) is -0.700. The van der Waals surface area contributed by atoms with E-state index >= 15 is 0 Å². The highest BCUT2D eigenvalue weighted by atomic mass is 32.1. The van der Waals surface area contributed by atoms with Crippen LogP contribution in [0.3, 0.4) is 0 Å². The molecule has 0 fully saturated rings. The average Bonchev–Trinajstić information content (AvgIpc) is 3.12. The number of aromatic nitrogens is 2. The first-order valence-corrected chi connectivity index (χ1v) is 13.1. The van der Waals surface area contributed by atoms with Gasteiger partial charge in [0.05, 0.1) is 5.44 Å². The van der Waals surface area contributed by atoms with Gasteiger partial charge in [-0.1, -0.05) is 74.5 Å². The van der Waals surface area contributed by atoms with E-state index in [0.717, 1.165) is 17.9 Å². The van der Waals surface area contributed by atoms with Crippen LogP contribution < -0.4 is 5.44 Å². The van der Waals surface area contributed by atoms with Crippen molar-refractivity contribution in [2.75, 3.05) is 13.1 Å². The molecule has 3 rings (SSSR count). The van der Waals surface area contributed by atoms with Crippen molar-refractivity contribution < 1.29 is 0 Å². The second kappa shape index (κ2) is 10.7. The molecule has 166 valence electrons. The van der Waals surface area contributed by atoms with Crippen LogP contribution in [0.15, 0.2) is 66.9 Å². The molecule has 0 N–H and O–H groups in total. The van der Waals surface area contributed by atoms with E-state index in [1.807, 2.05) is 0 Å². The lowest BCUT2D eigenvalue weighted by Crippen LogP contribution is -2.30. The average molecular weight is 454 g/mol. The van der Waals surface area contributed by atoms with Gasteiger partial charge in [0.15, 0.2) is 4.77 Å². The zero-order valence-electron chi connectivity index (χ0n) is 19.7. The predicted molar refractivity (Wildman–Crippen MR) is 138 cm³/mol. The zero-order chi connectivity index (χ0) is 22.5. The van der Waals surface area contributed by atoms with Crippen molar-refractivity contribution in [1.29, 1.82) is 0 Å². The Kier molecular flexibility index (Phi) is 8.27. The van der Waals surface area contributed by atoms with Gasteiger partial charge in [0, 0.05) is 32.0 Å². The van der Waals surface area contributed by atoms with E-state index in [1.54, 1.807) is 0 Å². The van der Waals surface area contributed by atoms with Gasteiger partial charge in [-0.05, 0) is 64.1 Å². The van der Waals surface area contributed by atoms with Gasteiger partial charge in [-0.3, -0.25) is 4.67 Å². The van der Waals surface area contributed by atoms with E-state index in [4.69, 9.17) is 12.2 Å². The first-order chi connectivity index (χ1) is 14.9. The molecule has 2 aromatic carbocycles. The Morgan fingerprint density at radius 1 is 0.806 bits per heavy atom. The van der Waals surface area contributed by atoms with Crippen molar-refractivity contribution in [2.45, 2.75) is 59.3 Å². The Balaban J connectivity index is 2.33. The molecule has 3 aromatic rings. The van der Waals surface area contributed by atoms with Gasteiger partial charge < -0.3 is 9.13 Å². The Morgan fingerprint density at radius 3 is 1.68 bits per heavy atom. The monoisotopic (exact) mass is 453 g/mol. The molecule has 0 spiro atoms. The molecule has 0 amide bonds. The highest BCUT2D eigenvalue weighted by Crippen LogP contribution is 2.56. The number of rotatable bonds is 9. The summed E-state index contributed by atoms with van der Waals surface area (Å²) in [5.41, 5.74) is 4.38. The fourth-order valence-electron chi connectivity index (χ4n) is 4.20. The predicted octanol–water partition coefficient (Wildman–Crippen LogP) is 7.33. The van der Waals surface area contributed by atoms with Gasteiger partial charge in [-0.15, -0.1) is 0 Å². The maximum absolute atomic E-state index is 5.98. The van der Waals surface area contributed by atoms with Gasteiger partial charge >= 0.3 is 0 Å². The molecule has 0 aliphatic heterocycles. The largest absolute Gasteiger partial charge is 0.321 e. The maximum Gasteiger partial charge on any atom is 0.180 e. The molecule has 0 bridgehead atoms. The third kappa shape index (κ3) is 5.03. The van der Waals surface area contributed by atoms with Crippen LogP contribution in [0, 0.1) is 4.77 Å². The molecule has 5 heteroatoms. The second-order valence-corrected chi connectivity index (χ2v) is 11.0. The Morgan fingerprint density at radius 2 is 1.29 bits per heavy atom. The third-order valence-corrected chi connectivity index (χ3v) is 9.21. The lowest BCUT2D eigenvalue weighted by Gasteiger charge is -2.37. The molecule has 31 heavy (non-hydrogen) atoms. The molecule has 0 unspecified atom stereocenters. The molecule has 0 aliphatic carbocycles. The molecule has 3 nitrogen and oxygen atoms in total. The highest BCUT2D eigenvalue weighted by molar-refractivity contribution is 7.71. The smallest absolute Gasteiger partial charge is 0.180 e. The van der Waals surface area contributed by atoms with E-state index in [9.17, 15) is 0 Å². The first kappa shape index (κ1) is 23.9. The van der Waals surface area contributed by atoms with Crippen molar-refractivity contribution >= 4 is 25.7 Å². The van der Waals surface area contributed by atoms with Crippen LogP contribution in [-0.2, 0) is 0 Å². The lowest BCUT2D eigenvalue weighted by molar-refractivity contribution is 0.502. The minimum atomic E-state index is -0.700. The molecule has 0 aliphatic rings. The summed E-state index contributed by atoms with van der Waals surface area (Å²) in [6.45, 7) is 15.5. The van der Waals surface area contributed by atoms with Gasteiger partial charge in [0.1, 0.15) is 0 Å². The van der Waals surface area contributed by atoms with Crippen LogP contribution >= 0.6 is 20.3 Å². The SMILES string of the molecule is CCN(CC)[P@](c1cn(C(C)C)c(=S)n1C(C)C)C(c1ccccc1)c1ccccc1. The molecule has 0 saturated heterocycles. The summed E-state index contributed by atoms with van der Waals surface area (Å²) in [6, 6.07) is 22.6. The maximum atomic E-state index is 5.98. The number of hydrogen-bond acceptors (Lipinski definition) is 2. The van der Waals surface area contributed by atoms with E-state index < -0.39 is 8.07 Å². The van der Waals surface area contributed by atoms with Crippen LogP contribution in [0.25, 0.3) is 0 Å². The topological polar surface area (TPSA) is 13.1 Å². The molecule has 1 atom stereocenters. The molecule has 0 radical (unpaired) electrons. The number of nitrogens with zero attached hydrogens (tertiary/aromatic N) is 3. The first-order valence-electron chi connectivity index (χ1n) is 11.4. The fraction of sp³-hybridized carbons (Fsp3) is 0.423. The van der Waals surface area contributed by atoms with E-state index in [0.29, 0.717) is 12.1 Å². The van der Waals surface area contributed by atoms with Crippen LogP contribution in [0.1, 0.15) is 70.4 Å². The quantitative estimate of drug-likeness (QED) is 0.248. The number of imidazole rings is 1. The summed E-state index contributed by atoms with van der Waals surface area (Å²) in [4.78, 5) is 0.